The molecule has 9 nitrogen and oxygen atoms in total. The van der Waals surface area contributed by atoms with Crippen molar-refractivity contribution < 1.29 is 26.4 Å². The van der Waals surface area contributed by atoms with E-state index >= 15 is 0 Å². The fourth-order valence-electron chi connectivity index (χ4n) is 3.50. The molecule has 0 saturated carbocycles. The molecule has 2 unspecified atom stereocenters. The standard InChI is InChI=1S/C23H31N3O6S2/c1-3-18(2)25-33(28,29)21-11-13-22(14-12-21)34(30,31)26(16-20-10-7-15-32-20)17-23(27)24-19-8-5-4-6-9-19/h4-6,8-9,11-14,18,20,25H,3,7,10,15-17H2,1-2H3,(H,24,27). The van der Waals surface area contributed by atoms with E-state index in [0.717, 1.165) is 10.7 Å². The molecular formula is C23H31N3O6S2. The molecule has 1 aliphatic heterocycles. The quantitative estimate of drug-likeness (QED) is 0.480. The Bertz CT molecular complexity index is 1160. The van der Waals surface area contributed by atoms with Crippen LogP contribution < -0.4 is 10.0 Å². The topological polar surface area (TPSA) is 122 Å². The minimum atomic E-state index is -4.09. The second-order valence-corrected chi connectivity index (χ2v) is 11.9. The number of amides is 1. The van der Waals surface area contributed by atoms with Gasteiger partial charge in [-0.2, -0.15) is 4.31 Å². The maximum Gasteiger partial charge on any atom is 0.243 e. The monoisotopic (exact) mass is 509 g/mol. The molecule has 0 radical (unpaired) electrons. The summed E-state index contributed by atoms with van der Waals surface area (Å²) in [6.45, 7) is 3.79. The molecule has 0 aliphatic carbocycles. The van der Waals surface area contributed by atoms with Crippen LogP contribution in [0.1, 0.15) is 33.1 Å². The van der Waals surface area contributed by atoms with E-state index in [9.17, 15) is 21.6 Å². The molecule has 1 fully saturated rings. The van der Waals surface area contributed by atoms with Crippen LogP contribution in [0.2, 0.25) is 0 Å². The zero-order chi connectivity index (χ0) is 24.8. The summed E-state index contributed by atoms with van der Waals surface area (Å²) in [6, 6.07) is 13.5. The fourth-order valence-corrected chi connectivity index (χ4v) is 6.26. The average Bonchev–Trinajstić information content (AvgIpc) is 3.32. The Balaban J connectivity index is 1.81. The van der Waals surface area contributed by atoms with Crippen molar-refractivity contribution in [1.82, 2.24) is 9.03 Å². The Kier molecular flexibility index (Phi) is 8.83. The summed E-state index contributed by atoms with van der Waals surface area (Å²) in [6.07, 6.45) is 1.84. The van der Waals surface area contributed by atoms with Crippen molar-refractivity contribution in [3.63, 3.8) is 0 Å². The van der Waals surface area contributed by atoms with Gasteiger partial charge in [-0.15, -0.1) is 0 Å². The van der Waals surface area contributed by atoms with Gasteiger partial charge in [0, 0.05) is 24.9 Å². The highest BCUT2D eigenvalue weighted by Crippen LogP contribution is 2.22. The number of rotatable bonds is 11. The van der Waals surface area contributed by atoms with Gasteiger partial charge in [0.2, 0.25) is 26.0 Å². The van der Waals surface area contributed by atoms with E-state index in [-0.39, 0.29) is 28.5 Å². The van der Waals surface area contributed by atoms with Crippen LogP contribution in [-0.2, 0) is 29.6 Å². The number of nitrogens with zero attached hydrogens (tertiary/aromatic N) is 1. The molecule has 0 aromatic heterocycles. The van der Waals surface area contributed by atoms with Crippen molar-refractivity contribution in [1.29, 1.82) is 0 Å². The molecule has 0 bridgehead atoms. The number of hydrogen-bond acceptors (Lipinski definition) is 6. The zero-order valence-corrected chi connectivity index (χ0v) is 20.9. The summed E-state index contributed by atoms with van der Waals surface area (Å²) in [5.41, 5.74) is 0.560. The lowest BCUT2D eigenvalue weighted by molar-refractivity contribution is -0.116. The lowest BCUT2D eigenvalue weighted by Gasteiger charge is -2.24. The number of sulfonamides is 2. The van der Waals surface area contributed by atoms with E-state index in [1.54, 1.807) is 31.2 Å². The van der Waals surface area contributed by atoms with Crippen LogP contribution in [-0.4, -0.2) is 58.9 Å². The summed E-state index contributed by atoms with van der Waals surface area (Å²) in [7, 11) is -7.86. The van der Waals surface area contributed by atoms with Gasteiger partial charge in [0.1, 0.15) is 0 Å². The molecule has 2 aromatic rings. The molecule has 11 heteroatoms. The predicted octanol–water partition coefficient (Wildman–Crippen LogP) is 2.57. The lowest BCUT2D eigenvalue weighted by atomic mass is 10.2. The normalized spacial score (nSPS) is 17.6. The summed E-state index contributed by atoms with van der Waals surface area (Å²) < 4.78 is 61.1. The van der Waals surface area contributed by atoms with Crippen molar-refractivity contribution in [2.45, 2.75) is 55.0 Å². The third kappa shape index (κ3) is 6.86. The van der Waals surface area contributed by atoms with Crippen molar-refractivity contribution in [2.24, 2.45) is 0 Å². The van der Waals surface area contributed by atoms with E-state index < -0.39 is 32.5 Å². The highest BCUT2D eigenvalue weighted by Gasteiger charge is 2.31. The molecule has 34 heavy (non-hydrogen) atoms. The Labute approximate surface area is 201 Å². The van der Waals surface area contributed by atoms with Gasteiger partial charge in [-0.05, 0) is 62.6 Å². The average molecular weight is 510 g/mol. The minimum absolute atomic E-state index is 0.0279. The first-order valence-corrected chi connectivity index (χ1v) is 14.1. The molecule has 2 atom stereocenters. The SMILES string of the molecule is CCC(C)NS(=O)(=O)c1ccc(S(=O)(=O)N(CC(=O)Nc2ccccc2)CC2CCCO2)cc1. The number of nitrogens with one attached hydrogen (secondary N) is 2. The van der Waals surface area contributed by atoms with Gasteiger partial charge < -0.3 is 10.1 Å². The largest absolute Gasteiger partial charge is 0.377 e. The van der Waals surface area contributed by atoms with Crippen molar-refractivity contribution in [3.8, 4) is 0 Å². The third-order valence-electron chi connectivity index (χ3n) is 5.55. The van der Waals surface area contributed by atoms with E-state index in [1.807, 2.05) is 13.0 Å². The fraction of sp³-hybridized carbons (Fsp3) is 0.435. The molecule has 2 aromatic carbocycles. The van der Waals surface area contributed by atoms with E-state index in [1.165, 1.54) is 24.3 Å². The number of carbonyl (C=O) groups excluding carboxylic acids is 1. The summed E-state index contributed by atoms with van der Waals surface area (Å²) in [5, 5.41) is 2.70. The number of ether oxygens (including phenoxy) is 1. The molecule has 1 aliphatic rings. The van der Waals surface area contributed by atoms with Crippen LogP contribution in [0.15, 0.2) is 64.4 Å². The van der Waals surface area contributed by atoms with Crippen LogP contribution in [0.5, 0.6) is 0 Å². The van der Waals surface area contributed by atoms with Crippen LogP contribution in [0, 0.1) is 0 Å². The number of para-hydroxylation sites is 1. The Hall–Kier alpha value is -2.31. The number of anilines is 1. The van der Waals surface area contributed by atoms with Gasteiger partial charge in [-0.3, -0.25) is 4.79 Å². The number of benzene rings is 2. The highest BCUT2D eigenvalue weighted by atomic mass is 32.2. The number of carbonyl (C=O) groups is 1. The van der Waals surface area contributed by atoms with Crippen molar-refractivity contribution >= 4 is 31.6 Å². The minimum Gasteiger partial charge on any atom is -0.377 e. The van der Waals surface area contributed by atoms with Gasteiger partial charge in [-0.25, -0.2) is 21.6 Å². The van der Waals surface area contributed by atoms with Crippen molar-refractivity contribution in [2.75, 3.05) is 25.0 Å². The number of hydrogen-bond donors (Lipinski definition) is 2. The van der Waals surface area contributed by atoms with Gasteiger partial charge >= 0.3 is 0 Å². The molecule has 3 rings (SSSR count). The van der Waals surface area contributed by atoms with Crippen molar-refractivity contribution in [3.05, 3.63) is 54.6 Å². The van der Waals surface area contributed by atoms with Gasteiger partial charge in [0.05, 0.1) is 22.4 Å². The maximum absolute atomic E-state index is 13.4. The smallest absolute Gasteiger partial charge is 0.243 e. The van der Waals surface area contributed by atoms with Crippen LogP contribution in [0.25, 0.3) is 0 Å². The first-order valence-electron chi connectivity index (χ1n) is 11.2. The summed E-state index contributed by atoms with van der Waals surface area (Å²) >= 11 is 0. The second kappa shape index (κ2) is 11.4. The van der Waals surface area contributed by atoms with Gasteiger partial charge in [0.25, 0.3) is 0 Å². The van der Waals surface area contributed by atoms with E-state index in [4.69, 9.17) is 4.74 Å². The Morgan fingerprint density at radius 2 is 1.71 bits per heavy atom. The summed E-state index contributed by atoms with van der Waals surface area (Å²) in [4.78, 5) is 12.5. The van der Waals surface area contributed by atoms with Gasteiger partial charge in [0.15, 0.2) is 0 Å². The Morgan fingerprint density at radius 1 is 1.06 bits per heavy atom. The zero-order valence-electron chi connectivity index (χ0n) is 19.3. The van der Waals surface area contributed by atoms with Gasteiger partial charge in [-0.1, -0.05) is 25.1 Å². The van der Waals surface area contributed by atoms with Crippen LogP contribution in [0.3, 0.4) is 0 Å². The maximum atomic E-state index is 13.4. The van der Waals surface area contributed by atoms with E-state index in [0.29, 0.717) is 25.1 Å². The predicted molar refractivity (Wildman–Crippen MR) is 129 cm³/mol. The molecule has 1 heterocycles. The third-order valence-corrected chi connectivity index (χ3v) is 8.98. The molecule has 186 valence electrons. The highest BCUT2D eigenvalue weighted by molar-refractivity contribution is 7.89. The molecule has 1 amide bonds. The molecule has 1 saturated heterocycles. The first kappa shape index (κ1) is 26.3. The first-order chi connectivity index (χ1) is 16.1. The Morgan fingerprint density at radius 3 is 2.29 bits per heavy atom. The van der Waals surface area contributed by atoms with Crippen LogP contribution in [0.4, 0.5) is 5.69 Å². The summed E-state index contributed by atoms with van der Waals surface area (Å²) in [5.74, 6) is -0.482. The lowest BCUT2D eigenvalue weighted by Crippen LogP contribution is -2.42. The molecular weight excluding hydrogens is 478 g/mol. The second-order valence-electron chi connectivity index (χ2n) is 8.25. The molecule has 0 spiro atoms. The molecule has 2 N–H and O–H groups in total. The van der Waals surface area contributed by atoms with E-state index in [2.05, 4.69) is 10.0 Å². The van der Waals surface area contributed by atoms with Crippen LogP contribution >= 0.6 is 0 Å².